The van der Waals surface area contributed by atoms with Crippen molar-refractivity contribution in [2.45, 2.75) is 25.1 Å². The molecule has 1 N–H and O–H groups in total. The van der Waals surface area contributed by atoms with Crippen LogP contribution in [-0.2, 0) is 16.4 Å². The lowest BCUT2D eigenvalue weighted by molar-refractivity contribution is 0.353. The first kappa shape index (κ1) is 21.4. The second-order valence-corrected chi connectivity index (χ2v) is 9.30. The summed E-state index contributed by atoms with van der Waals surface area (Å²) in [5.74, 6) is 0.263. The van der Waals surface area contributed by atoms with Crippen LogP contribution in [0.15, 0.2) is 23.2 Å². The average molecular weight is 490 g/mol. The van der Waals surface area contributed by atoms with Gasteiger partial charge in [0.15, 0.2) is 15.8 Å². The standard InChI is InChI=1S/C15H21ClFN3O2S.HI/c1-15(2)10-20(6-7-23(15,21)22)14(18-3)19-9-11-4-5-13(17)12(16)8-11;/h4-5,8H,6-7,9-10H2,1-3H3,(H,18,19);1H. The van der Waals surface area contributed by atoms with Crippen molar-refractivity contribution in [3.63, 3.8) is 0 Å². The molecule has 0 spiro atoms. The van der Waals surface area contributed by atoms with Gasteiger partial charge < -0.3 is 10.2 Å². The molecule has 5 nitrogen and oxygen atoms in total. The molecule has 1 heterocycles. The summed E-state index contributed by atoms with van der Waals surface area (Å²) in [7, 11) is -1.45. The molecule has 1 aromatic carbocycles. The van der Waals surface area contributed by atoms with Gasteiger partial charge in [-0.1, -0.05) is 17.7 Å². The van der Waals surface area contributed by atoms with Crippen LogP contribution in [0.3, 0.4) is 0 Å². The molecule has 1 aromatic rings. The summed E-state index contributed by atoms with van der Waals surface area (Å²) in [6.07, 6.45) is 0. The van der Waals surface area contributed by atoms with E-state index in [1.807, 2.05) is 4.90 Å². The SMILES string of the molecule is CN=C(NCc1ccc(F)c(Cl)c1)N1CCS(=O)(=O)C(C)(C)C1.I. The van der Waals surface area contributed by atoms with E-state index in [0.717, 1.165) is 5.56 Å². The molecule has 0 unspecified atom stereocenters. The Morgan fingerprint density at radius 2 is 2.12 bits per heavy atom. The highest BCUT2D eigenvalue weighted by Crippen LogP contribution is 2.23. The van der Waals surface area contributed by atoms with E-state index in [4.69, 9.17) is 11.6 Å². The number of sulfone groups is 1. The van der Waals surface area contributed by atoms with Gasteiger partial charge in [0.25, 0.3) is 0 Å². The van der Waals surface area contributed by atoms with Crippen LogP contribution in [0, 0.1) is 5.82 Å². The van der Waals surface area contributed by atoms with Gasteiger partial charge in [-0.25, -0.2) is 12.8 Å². The van der Waals surface area contributed by atoms with Gasteiger partial charge in [0.2, 0.25) is 0 Å². The van der Waals surface area contributed by atoms with E-state index in [9.17, 15) is 12.8 Å². The molecule has 24 heavy (non-hydrogen) atoms. The maximum absolute atomic E-state index is 13.2. The number of hydrogen-bond donors (Lipinski definition) is 1. The maximum atomic E-state index is 13.2. The summed E-state index contributed by atoms with van der Waals surface area (Å²) in [5, 5.41) is 3.24. The van der Waals surface area contributed by atoms with E-state index in [0.29, 0.717) is 25.6 Å². The molecular formula is C15H22ClFIN3O2S. The highest BCUT2D eigenvalue weighted by atomic mass is 127. The number of aliphatic imine (C=N–C) groups is 1. The average Bonchev–Trinajstić information content (AvgIpc) is 2.47. The van der Waals surface area contributed by atoms with Gasteiger partial charge in [-0.3, -0.25) is 4.99 Å². The van der Waals surface area contributed by atoms with Crippen LogP contribution in [0.2, 0.25) is 5.02 Å². The van der Waals surface area contributed by atoms with E-state index < -0.39 is 20.4 Å². The van der Waals surface area contributed by atoms with E-state index in [1.165, 1.54) is 6.07 Å². The molecule has 0 atom stereocenters. The van der Waals surface area contributed by atoms with Gasteiger partial charge in [-0.05, 0) is 31.5 Å². The second-order valence-electron chi connectivity index (χ2n) is 6.15. The summed E-state index contributed by atoms with van der Waals surface area (Å²) in [4.78, 5) is 6.13. The number of rotatable bonds is 2. The normalized spacial score (nSPS) is 19.5. The molecule has 0 aromatic heterocycles. The van der Waals surface area contributed by atoms with Crippen LogP contribution in [-0.4, -0.2) is 49.9 Å². The van der Waals surface area contributed by atoms with Crippen molar-refractivity contribution in [1.82, 2.24) is 10.2 Å². The van der Waals surface area contributed by atoms with Gasteiger partial charge >= 0.3 is 0 Å². The summed E-state index contributed by atoms with van der Waals surface area (Å²) >= 11 is 5.77. The molecule has 9 heteroatoms. The minimum absolute atomic E-state index is 0. The fourth-order valence-corrected chi connectivity index (χ4v) is 4.06. The molecule has 2 rings (SSSR count). The molecule has 0 amide bonds. The Hall–Kier alpha value is -0.610. The molecule has 1 aliphatic rings. The minimum atomic E-state index is -3.10. The van der Waals surface area contributed by atoms with Crippen LogP contribution in [0.1, 0.15) is 19.4 Å². The molecule has 1 saturated heterocycles. The third-order valence-corrected chi connectivity index (χ3v) is 6.81. The van der Waals surface area contributed by atoms with Crippen LogP contribution in [0.5, 0.6) is 0 Å². The summed E-state index contributed by atoms with van der Waals surface area (Å²) in [6, 6.07) is 4.52. The topological polar surface area (TPSA) is 61.8 Å². The van der Waals surface area contributed by atoms with Gasteiger partial charge in [-0.15, -0.1) is 24.0 Å². The quantitative estimate of drug-likeness (QED) is 0.394. The van der Waals surface area contributed by atoms with Gasteiger partial charge in [-0.2, -0.15) is 0 Å². The fraction of sp³-hybridized carbons (Fsp3) is 0.533. The third kappa shape index (κ3) is 4.72. The van der Waals surface area contributed by atoms with Crippen molar-refractivity contribution in [3.05, 3.63) is 34.6 Å². The molecule has 1 aliphatic heterocycles. The Bertz CT molecular complexity index is 725. The summed E-state index contributed by atoms with van der Waals surface area (Å²) in [5.41, 5.74) is 0.821. The zero-order valence-corrected chi connectivity index (χ0v) is 17.7. The monoisotopic (exact) mass is 489 g/mol. The largest absolute Gasteiger partial charge is 0.352 e. The fourth-order valence-electron chi connectivity index (χ4n) is 2.49. The van der Waals surface area contributed by atoms with Crippen LogP contribution in [0.4, 0.5) is 4.39 Å². The highest BCUT2D eigenvalue weighted by molar-refractivity contribution is 14.0. The van der Waals surface area contributed by atoms with E-state index in [1.54, 1.807) is 33.0 Å². The predicted octanol–water partition coefficient (Wildman–Crippen LogP) is 2.68. The Morgan fingerprint density at radius 1 is 1.46 bits per heavy atom. The molecule has 0 aliphatic carbocycles. The van der Waals surface area contributed by atoms with Crippen LogP contribution >= 0.6 is 35.6 Å². The molecule has 1 fully saturated rings. The Balaban J connectivity index is 0.00000288. The van der Waals surface area contributed by atoms with Crippen molar-refractivity contribution >= 4 is 51.4 Å². The van der Waals surface area contributed by atoms with Crippen molar-refractivity contribution in [2.24, 2.45) is 4.99 Å². The highest BCUT2D eigenvalue weighted by Gasteiger charge is 2.40. The molecule has 0 saturated carbocycles. The molecule has 0 bridgehead atoms. The zero-order valence-electron chi connectivity index (χ0n) is 13.8. The Morgan fingerprint density at radius 3 is 2.67 bits per heavy atom. The van der Waals surface area contributed by atoms with Crippen molar-refractivity contribution in [3.8, 4) is 0 Å². The summed E-state index contributed by atoms with van der Waals surface area (Å²) < 4.78 is 36.5. The minimum Gasteiger partial charge on any atom is -0.352 e. The van der Waals surface area contributed by atoms with E-state index in [-0.39, 0.29) is 34.8 Å². The lowest BCUT2D eigenvalue weighted by Gasteiger charge is -2.39. The molecule has 0 radical (unpaired) electrons. The zero-order chi connectivity index (χ0) is 17.3. The number of halogens is 3. The van der Waals surface area contributed by atoms with Gasteiger partial charge in [0, 0.05) is 26.7 Å². The van der Waals surface area contributed by atoms with Crippen molar-refractivity contribution < 1.29 is 12.8 Å². The summed E-state index contributed by atoms with van der Waals surface area (Å²) in [6.45, 7) is 4.65. The third-order valence-electron chi connectivity index (χ3n) is 3.99. The smallest absolute Gasteiger partial charge is 0.193 e. The van der Waals surface area contributed by atoms with Crippen molar-refractivity contribution in [2.75, 3.05) is 25.9 Å². The van der Waals surface area contributed by atoms with Gasteiger partial charge in [0.05, 0.1) is 15.5 Å². The van der Waals surface area contributed by atoms with Crippen LogP contribution in [0.25, 0.3) is 0 Å². The number of nitrogens with one attached hydrogen (secondary N) is 1. The lowest BCUT2D eigenvalue weighted by Crippen LogP contribution is -2.57. The number of guanidine groups is 1. The Kier molecular flexibility index (Phi) is 7.30. The molecule has 136 valence electrons. The predicted molar refractivity (Wildman–Crippen MR) is 106 cm³/mol. The first-order chi connectivity index (χ1) is 10.7. The maximum Gasteiger partial charge on any atom is 0.193 e. The second kappa shape index (κ2) is 8.18. The number of hydrogen-bond acceptors (Lipinski definition) is 3. The number of benzene rings is 1. The van der Waals surface area contributed by atoms with Crippen molar-refractivity contribution in [1.29, 1.82) is 0 Å². The lowest BCUT2D eigenvalue weighted by atomic mass is 10.2. The van der Waals surface area contributed by atoms with Crippen LogP contribution < -0.4 is 5.32 Å². The molecular weight excluding hydrogens is 468 g/mol. The first-order valence-corrected chi connectivity index (χ1v) is 9.31. The van der Waals surface area contributed by atoms with E-state index in [2.05, 4.69) is 10.3 Å². The Labute approximate surface area is 164 Å². The van der Waals surface area contributed by atoms with E-state index >= 15 is 0 Å². The first-order valence-electron chi connectivity index (χ1n) is 7.28. The number of nitrogens with zero attached hydrogens (tertiary/aromatic N) is 2. The van der Waals surface area contributed by atoms with Gasteiger partial charge in [0.1, 0.15) is 5.82 Å².